The van der Waals surface area contributed by atoms with E-state index < -0.39 is 0 Å². The molecule has 0 atom stereocenters. The lowest BCUT2D eigenvalue weighted by molar-refractivity contribution is 1.22. The summed E-state index contributed by atoms with van der Waals surface area (Å²) in [6, 6.07) is 12.8. The van der Waals surface area contributed by atoms with E-state index >= 15 is 0 Å². The minimum atomic E-state index is 1.01. The van der Waals surface area contributed by atoms with Gasteiger partial charge in [0.05, 0.1) is 4.21 Å². The van der Waals surface area contributed by atoms with Gasteiger partial charge >= 0.3 is 0 Å². The summed E-state index contributed by atoms with van der Waals surface area (Å²) in [6.45, 7) is 3.11. The molecule has 0 saturated heterocycles. The van der Waals surface area contributed by atoms with Crippen molar-refractivity contribution >= 4 is 28.8 Å². The van der Waals surface area contributed by atoms with Crippen molar-refractivity contribution in [1.82, 2.24) is 0 Å². The highest BCUT2D eigenvalue weighted by molar-refractivity contribution is 8.01. The largest absolute Gasteiger partial charge is 0.384 e. The minimum absolute atomic E-state index is 1.01. The van der Waals surface area contributed by atoms with E-state index in [2.05, 4.69) is 54.0 Å². The average Bonchev–Trinajstić information content (AvgIpc) is 2.80. The Labute approximate surface area is 105 Å². The van der Waals surface area contributed by atoms with Gasteiger partial charge in [-0.1, -0.05) is 23.8 Å². The topological polar surface area (TPSA) is 12.0 Å². The van der Waals surface area contributed by atoms with E-state index in [1.807, 2.05) is 11.8 Å². The number of anilines is 1. The van der Waals surface area contributed by atoms with Crippen LogP contribution in [0.15, 0.2) is 46.0 Å². The molecule has 0 aliphatic rings. The lowest BCUT2D eigenvalue weighted by Crippen LogP contribution is -2.03. The zero-order valence-corrected chi connectivity index (χ0v) is 10.9. The van der Waals surface area contributed by atoms with Gasteiger partial charge in [0, 0.05) is 18.0 Å². The summed E-state index contributed by atoms with van der Waals surface area (Å²) in [5.74, 6) is 1.11. The molecule has 0 bridgehead atoms. The Kier molecular flexibility index (Phi) is 4.31. The summed E-state index contributed by atoms with van der Waals surface area (Å²) in [5, 5.41) is 5.54. The summed E-state index contributed by atoms with van der Waals surface area (Å²) >= 11 is 3.71. The van der Waals surface area contributed by atoms with Gasteiger partial charge < -0.3 is 5.32 Å². The van der Waals surface area contributed by atoms with Crippen LogP contribution < -0.4 is 5.32 Å². The van der Waals surface area contributed by atoms with E-state index in [4.69, 9.17) is 0 Å². The van der Waals surface area contributed by atoms with Gasteiger partial charge in [-0.3, -0.25) is 0 Å². The Morgan fingerprint density at radius 3 is 2.69 bits per heavy atom. The minimum Gasteiger partial charge on any atom is -0.384 e. The smallest absolute Gasteiger partial charge is 0.0599 e. The van der Waals surface area contributed by atoms with Gasteiger partial charge in [0.1, 0.15) is 0 Å². The molecule has 0 fully saturated rings. The molecular weight excluding hydrogens is 234 g/mol. The number of hydrogen-bond donors (Lipinski definition) is 1. The highest BCUT2D eigenvalue weighted by Crippen LogP contribution is 2.22. The van der Waals surface area contributed by atoms with Crippen LogP contribution in [0.5, 0.6) is 0 Å². The molecule has 1 heterocycles. The molecule has 0 spiro atoms. The Bertz CT molecular complexity index is 406. The van der Waals surface area contributed by atoms with Gasteiger partial charge in [-0.2, -0.15) is 0 Å². The molecule has 1 aromatic carbocycles. The second kappa shape index (κ2) is 5.97. The number of nitrogens with one attached hydrogen (secondary N) is 1. The maximum atomic E-state index is 3.42. The number of thioether (sulfide) groups is 1. The second-order valence-electron chi connectivity index (χ2n) is 3.57. The van der Waals surface area contributed by atoms with Gasteiger partial charge in [0.25, 0.3) is 0 Å². The Hall–Kier alpha value is -0.930. The average molecular weight is 249 g/mol. The van der Waals surface area contributed by atoms with E-state index in [9.17, 15) is 0 Å². The molecule has 0 aliphatic carbocycles. The lowest BCUT2D eigenvalue weighted by atomic mass is 10.2. The first kappa shape index (κ1) is 11.6. The van der Waals surface area contributed by atoms with Crippen LogP contribution in [0.25, 0.3) is 0 Å². The third-order valence-corrected chi connectivity index (χ3v) is 4.35. The molecule has 0 saturated carbocycles. The van der Waals surface area contributed by atoms with Crippen LogP contribution >= 0.6 is 23.1 Å². The lowest BCUT2D eigenvalue weighted by Gasteiger charge is -2.05. The first-order valence-electron chi connectivity index (χ1n) is 5.31. The van der Waals surface area contributed by atoms with Gasteiger partial charge in [0.15, 0.2) is 0 Å². The Morgan fingerprint density at radius 1 is 1.19 bits per heavy atom. The SMILES string of the molecule is Cc1ccc(NCCSc2cccs2)cc1. The van der Waals surface area contributed by atoms with Gasteiger partial charge in [-0.15, -0.1) is 23.1 Å². The number of hydrogen-bond acceptors (Lipinski definition) is 3. The Balaban J connectivity index is 1.70. The summed E-state index contributed by atoms with van der Waals surface area (Å²) in [7, 11) is 0. The molecule has 0 radical (unpaired) electrons. The molecule has 0 amide bonds. The molecule has 0 unspecified atom stereocenters. The van der Waals surface area contributed by atoms with Gasteiger partial charge in [-0.25, -0.2) is 0 Å². The molecule has 1 aromatic heterocycles. The summed E-state index contributed by atoms with van der Waals surface area (Å²) in [5.41, 5.74) is 2.51. The van der Waals surface area contributed by atoms with Crippen LogP contribution in [-0.4, -0.2) is 12.3 Å². The first-order valence-corrected chi connectivity index (χ1v) is 7.18. The van der Waals surface area contributed by atoms with E-state index in [-0.39, 0.29) is 0 Å². The van der Waals surface area contributed by atoms with Crippen molar-refractivity contribution in [3.8, 4) is 0 Å². The number of benzene rings is 1. The summed E-state index contributed by atoms with van der Waals surface area (Å²) in [6.07, 6.45) is 0. The molecule has 2 rings (SSSR count). The fraction of sp³-hybridized carbons (Fsp3) is 0.231. The predicted octanol–water partition coefficient (Wildman–Crippen LogP) is 4.26. The van der Waals surface area contributed by atoms with Crippen molar-refractivity contribution in [1.29, 1.82) is 0 Å². The molecule has 16 heavy (non-hydrogen) atoms. The molecule has 84 valence electrons. The molecule has 1 nitrogen and oxygen atoms in total. The van der Waals surface area contributed by atoms with Gasteiger partial charge in [-0.05, 0) is 30.5 Å². The second-order valence-corrected chi connectivity index (χ2v) is 5.92. The third kappa shape index (κ3) is 3.58. The number of aryl methyl sites for hydroxylation is 1. The molecule has 2 aromatic rings. The Morgan fingerprint density at radius 2 is 2.00 bits per heavy atom. The van der Waals surface area contributed by atoms with E-state index in [1.165, 1.54) is 15.5 Å². The van der Waals surface area contributed by atoms with Crippen LogP contribution in [0.1, 0.15) is 5.56 Å². The standard InChI is InChI=1S/C13H15NS2/c1-11-4-6-12(7-5-11)14-8-10-16-13-3-2-9-15-13/h2-7,9,14H,8,10H2,1H3. The van der Waals surface area contributed by atoms with Crippen LogP contribution in [0.2, 0.25) is 0 Å². The maximum absolute atomic E-state index is 3.42. The first-order chi connectivity index (χ1) is 7.84. The fourth-order valence-electron chi connectivity index (χ4n) is 1.36. The third-order valence-electron chi connectivity index (χ3n) is 2.22. The zero-order chi connectivity index (χ0) is 11.2. The van der Waals surface area contributed by atoms with Crippen molar-refractivity contribution < 1.29 is 0 Å². The number of rotatable bonds is 5. The van der Waals surface area contributed by atoms with Crippen molar-refractivity contribution in [3.05, 3.63) is 47.3 Å². The van der Waals surface area contributed by atoms with E-state index in [0.717, 1.165) is 12.3 Å². The van der Waals surface area contributed by atoms with Crippen molar-refractivity contribution in [2.75, 3.05) is 17.6 Å². The molecular formula is C13H15NS2. The molecule has 0 aliphatic heterocycles. The highest BCUT2D eigenvalue weighted by Gasteiger charge is 1.94. The molecule has 1 N–H and O–H groups in total. The predicted molar refractivity (Wildman–Crippen MR) is 74.7 cm³/mol. The van der Waals surface area contributed by atoms with E-state index in [0.29, 0.717) is 0 Å². The van der Waals surface area contributed by atoms with Crippen molar-refractivity contribution in [2.45, 2.75) is 11.1 Å². The van der Waals surface area contributed by atoms with Crippen molar-refractivity contribution in [2.24, 2.45) is 0 Å². The van der Waals surface area contributed by atoms with Crippen molar-refractivity contribution in [3.63, 3.8) is 0 Å². The maximum Gasteiger partial charge on any atom is 0.0599 e. The summed E-state index contributed by atoms with van der Waals surface area (Å²) < 4.78 is 1.39. The zero-order valence-electron chi connectivity index (χ0n) is 9.27. The van der Waals surface area contributed by atoms with Crippen LogP contribution in [0.3, 0.4) is 0 Å². The van der Waals surface area contributed by atoms with Crippen LogP contribution in [0.4, 0.5) is 5.69 Å². The normalized spacial score (nSPS) is 10.3. The van der Waals surface area contributed by atoms with Crippen LogP contribution in [0, 0.1) is 6.92 Å². The monoisotopic (exact) mass is 249 g/mol. The number of thiophene rings is 1. The van der Waals surface area contributed by atoms with Gasteiger partial charge in [0.2, 0.25) is 0 Å². The van der Waals surface area contributed by atoms with E-state index in [1.54, 1.807) is 11.3 Å². The summed E-state index contributed by atoms with van der Waals surface area (Å²) in [4.78, 5) is 0. The highest BCUT2D eigenvalue weighted by atomic mass is 32.2. The quantitative estimate of drug-likeness (QED) is 0.627. The van der Waals surface area contributed by atoms with Crippen LogP contribution in [-0.2, 0) is 0 Å². The molecule has 3 heteroatoms. The fourth-order valence-corrected chi connectivity index (χ4v) is 3.08.